The fraction of sp³-hybridized carbons (Fsp3) is 0.533. The van der Waals surface area contributed by atoms with Crippen molar-refractivity contribution < 1.29 is 9.90 Å². The Labute approximate surface area is 109 Å². The summed E-state index contributed by atoms with van der Waals surface area (Å²) in [7, 11) is 0. The third kappa shape index (κ3) is 3.84. The van der Waals surface area contributed by atoms with Crippen LogP contribution in [0.5, 0.6) is 0 Å². The van der Waals surface area contributed by atoms with E-state index in [1.807, 2.05) is 26.0 Å². The maximum atomic E-state index is 11.0. The molecule has 0 spiro atoms. The van der Waals surface area contributed by atoms with E-state index in [1.165, 1.54) is 5.56 Å². The van der Waals surface area contributed by atoms with Crippen molar-refractivity contribution in [1.82, 2.24) is 5.32 Å². The van der Waals surface area contributed by atoms with E-state index < -0.39 is 11.5 Å². The van der Waals surface area contributed by atoms with Crippen molar-refractivity contribution in [2.45, 2.75) is 45.6 Å². The van der Waals surface area contributed by atoms with Crippen molar-refractivity contribution in [3.63, 3.8) is 0 Å². The number of carboxylic acid groups (broad SMARTS) is 1. The lowest BCUT2D eigenvalue weighted by Crippen LogP contribution is -2.41. The Hall–Kier alpha value is -1.35. The van der Waals surface area contributed by atoms with Crippen molar-refractivity contribution in [2.75, 3.05) is 6.54 Å². The van der Waals surface area contributed by atoms with Crippen LogP contribution in [0.15, 0.2) is 24.3 Å². The van der Waals surface area contributed by atoms with Crippen LogP contribution in [0.1, 0.15) is 44.7 Å². The van der Waals surface area contributed by atoms with Gasteiger partial charge in [-0.05, 0) is 31.0 Å². The summed E-state index contributed by atoms with van der Waals surface area (Å²) in [6.45, 7) is 6.84. The number of carbonyl (C=O) groups is 1. The van der Waals surface area contributed by atoms with Crippen LogP contribution < -0.4 is 5.32 Å². The second kappa shape index (κ2) is 6.55. The van der Waals surface area contributed by atoms with Crippen LogP contribution in [-0.4, -0.2) is 17.6 Å². The molecule has 0 radical (unpaired) electrons. The summed E-state index contributed by atoms with van der Waals surface area (Å²) in [5.74, 6) is -0.781. The molecule has 100 valence electrons. The van der Waals surface area contributed by atoms with Gasteiger partial charge in [0.1, 0.15) is 0 Å². The van der Waals surface area contributed by atoms with Crippen molar-refractivity contribution in [3.05, 3.63) is 35.4 Å². The first-order valence-electron chi connectivity index (χ1n) is 6.58. The standard InChI is InChI=1S/C15H23NO2/c1-4-6-12-7-9-13(10-8-12)15(3,16-5-2)11-14(17)18/h7-10,16H,4-6,11H2,1-3H3,(H,17,18). The van der Waals surface area contributed by atoms with Crippen molar-refractivity contribution >= 4 is 5.97 Å². The second-order valence-corrected chi connectivity index (χ2v) is 4.88. The molecular formula is C15H23NO2. The molecule has 1 atom stereocenters. The number of hydrogen-bond acceptors (Lipinski definition) is 2. The Bertz CT molecular complexity index is 386. The summed E-state index contributed by atoms with van der Waals surface area (Å²) in [5.41, 5.74) is 1.84. The number of hydrogen-bond donors (Lipinski definition) is 2. The van der Waals surface area contributed by atoms with Crippen LogP contribution in [-0.2, 0) is 16.8 Å². The lowest BCUT2D eigenvalue weighted by Gasteiger charge is -2.29. The second-order valence-electron chi connectivity index (χ2n) is 4.88. The molecule has 1 rings (SSSR count). The third-order valence-electron chi connectivity index (χ3n) is 3.20. The first-order valence-corrected chi connectivity index (χ1v) is 6.58. The first-order chi connectivity index (χ1) is 8.51. The monoisotopic (exact) mass is 249 g/mol. The van der Waals surface area contributed by atoms with Crippen LogP contribution in [0, 0.1) is 0 Å². The van der Waals surface area contributed by atoms with E-state index in [-0.39, 0.29) is 6.42 Å². The van der Waals surface area contributed by atoms with Gasteiger partial charge in [0.05, 0.1) is 12.0 Å². The van der Waals surface area contributed by atoms with Crippen LogP contribution in [0.25, 0.3) is 0 Å². The summed E-state index contributed by atoms with van der Waals surface area (Å²) < 4.78 is 0. The lowest BCUT2D eigenvalue weighted by molar-refractivity contribution is -0.138. The van der Waals surface area contributed by atoms with Gasteiger partial charge in [0.25, 0.3) is 0 Å². The van der Waals surface area contributed by atoms with E-state index in [0.29, 0.717) is 0 Å². The average molecular weight is 249 g/mol. The summed E-state index contributed by atoms with van der Waals surface area (Å²) in [4.78, 5) is 11.0. The molecular weight excluding hydrogens is 226 g/mol. The van der Waals surface area contributed by atoms with Gasteiger partial charge >= 0.3 is 5.97 Å². The molecule has 18 heavy (non-hydrogen) atoms. The minimum atomic E-state index is -0.781. The van der Waals surface area contributed by atoms with Crippen LogP contribution >= 0.6 is 0 Å². The number of nitrogens with one attached hydrogen (secondary N) is 1. The summed E-state index contributed by atoms with van der Waals surface area (Å²) in [6, 6.07) is 8.26. The van der Waals surface area contributed by atoms with Gasteiger partial charge in [-0.1, -0.05) is 44.5 Å². The predicted molar refractivity (Wildman–Crippen MR) is 73.7 cm³/mol. The van der Waals surface area contributed by atoms with Crippen LogP contribution in [0.2, 0.25) is 0 Å². The molecule has 0 aliphatic carbocycles. The molecule has 0 saturated carbocycles. The number of aliphatic carboxylic acids is 1. The molecule has 0 aliphatic rings. The predicted octanol–water partition coefficient (Wildman–Crippen LogP) is 2.94. The Morgan fingerprint density at radius 2 is 1.89 bits per heavy atom. The molecule has 0 amide bonds. The molecule has 1 unspecified atom stereocenters. The van der Waals surface area contributed by atoms with Gasteiger partial charge in [-0.25, -0.2) is 0 Å². The first kappa shape index (κ1) is 14.7. The van der Waals surface area contributed by atoms with Gasteiger partial charge < -0.3 is 10.4 Å². The van der Waals surface area contributed by atoms with E-state index >= 15 is 0 Å². The number of aryl methyl sites for hydroxylation is 1. The fourth-order valence-electron chi connectivity index (χ4n) is 2.29. The summed E-state index contributed by atoms with van der Waals surface area (Å²) >= 11 is 0. The van der Waals surface area contributed by atoms with E-state index in [4.69, 9.17) is 5.11 Å². The number of benzene rings is 1. The summed E-state index contributed by atoms with van der Waals surface area (Å²) in [6.07, 6.45) is 2.28. The molecule has 0 aromatic heterocycles. The van der Waals surface area contributed by atoms with Gasteiger partial charge in [-0.3, -0.25) is 4.79 Å². The topological polar surface area (TPSA) is 49.3 Å². The lowest BCUT2D eigenvalue weighted by atomic mass is 9.87. The smallest absolute Gasteiger partial charge is 0.305 e. The molecule has 3 nitrogen and oxygen atoms in total. The Morgan fingerprint density at radius 3 is 2.33 bits per heavy atom. The zero-order valence-electron chi connectivity index (χ0n) is 11.5. The highest BCUT2D eigenvalue weighted by molar-refractivity contribution is 5.68. The van der Waals surface area contributed by atoms with Gasteiger partial charge in [-0.15, -0.1) is 0 Å². The number of rotatable bonds is 7. The van der Waals surface area contributed by atoms with Gasteiger partial charge in [-0.2, -0.15) is 0 Å². The minimum absolute atomic E-state index is 0.0912. The number of carboxylic acids is 1. The normalized spacial score (nSPS) is 14.2. The van der Waals surface area contributed by atoms with Crippen LogP contribution in [0.3, 0.4) is 0 Å². The molecule has 0 bridgehead atoms. The quantitative estimate of drug-likeness (QED) is 0.781. The maximum absolute atomic E-state index is 11.0. The van der Waals surface area contributed by atoms with Gasteiger partial charge in [0.2, 0.25) is 0 Å². The van der Waals surface area contributed by atoms with E-state index in [0.717, 1.165) is 24.9 Å². The zero-order chi connectivity index (χ0) is 13.6. The Balaban J connectivity index is 2.94. The molecule has 3 heteroatoms. The van der Waals surface area contributed by atoms with Crippen molar-refractivity contribution in [1.29, 1.82) is 0 Å². The van der Waals surface area contributed by atoms with Gasteiger partial charge in [0.15, 0.2) is 0 Å². The Kier molecular flexibility index (Phi) is 5.35. The molecule has 2 N–H and O–H groups in total. The largest absolute Gasteiger partial charge is 0.481 e. The molecule has 0 heterocycles. The third-order valence-corrected chi connectivity index (χ3v) is 3.20. The molecule has 0 saturated heterocycles. The highest BCUT2D eigenvalue weighted by Crippen LogP contribution is 2.25. The molecule has 0 fully saturated rings. The zero-order valence-corrected chi connectivity index (χ0v) is 11.5. The SMILES string of the molecule is CCCc1ccc(C(C)(CC(=O)O)NCC)cc1. The van der Waals surface area contributed by atoms with Gasteiger partial charge in [0, 0.05) is 0 Å². The van der Waals surface area contributed by atoms with Crippen molar-refractivity contribution in [3.8, 4) is 0 Å². The average Bonchev–Trinajstić information content (AvgIpc) is 2.29. The van der Waals surface area contributed by atoms with Crippen LogP contribution in [0.4, 0.5) is 0 Å². The highest BCUT2D eigenvalue weighted by Gasteiger charge is 2.28. The molecule has 0 aliphatic heterocycles. The van der Waals surface area contributed by atoms with E-state index in [2.05, 4.69) is 24.4 Å². The van der Waals surface area contributed by atoms with Crippen molar-refractivity contribution in [2.24, 2.45) is 0 Å². The Morgan fingerprint density at radius 1 is 1.28 bits per heavy atom. The van der Waals surface area contributed by atoms with E-state index in [1.54, 1.807) is 0 Å². The fourth-order valence-corrected chi connectivity index (χ4v) is 2.29. The minimum Gasteiger partial charge on any atom is -0.481 e. The highest BCUT2D eigenvalue weighted by atomic mass is 16.4. The summed E-state index contributed by atoms with van der Waals surface area (Å²) in [5, 5.41) is 12.3. The van der Waals surface area contributed by atoms with E-state index in [9.17, 15) is 4.79 Å². The maximum Gasteiger partial charge on any atom is 0.305 e. The molecule has 1 aromatic rings. The molecule has 1 aromatic carbocycles.